The van der Waals surface area contributed by atoms with Crippen molar-refractivity contribution in [3.05, 3.63) is 0 Å². The van der Waals surface area contributed by atoms with E-state index in [2.05, 4.69) is 0 Å². The molecule has 0 radical (unpaired) electrons. The van der Waals surface area contributed by atoms with E-state index >= 15 is 0 Å². The molecule has 2 aliphatic rings. The molecule has 2 saturated heterocycles. The van der Waals surface area contributed by atoms with Gasteiger partial charge in [-0.15, -0.1) is 0 Å². The maximum absolute atomic E-state index is 14.8. The van der Waals surface area contributed by atoms with Gasteiger partial charge in [-0.2, -0.15) is 0 Å². The number of hydrogen-bond donors (Lipinski definition) is 8. The molecule has 274 valence electrons. The van der Waals surface area contributed by atoms with Gasteiger partial charge in [-0.25, -0.2) is 0 Å². The summed E-state index contributed by atoms with van der Waals surface area (Å²) in [4.78, 5) is 43.1. The van der Waals surface area contributed by atoms with Gasteiger partial charge in [0.05, 0.1) is 19.8 Å². The Hall–Kier alpha value is -1.59. The third kappa shape index (κ3) is 7.92. The van der Waals surface area contributed by atoms with Crippen LogP contribution in [0.15, 0.2) is 0 Å². The lowest BCUT2D eigenvalue weighted by molar-refractivity contribution is -0.351. The molecular formula is C33H58O14. The van der Waals surface area contributed by atoms with E-state index < -0.39 is 103 Å². The summed E-state index contributed by atoms with van der Waals surface area (Å²) in [6.45, 7) is 7.70. The molecule has 14 nitrogen and oxygen atoms in total. The van der Waals surface area contributed by atoms with E-state index in [1.165, 1.54) is 0 Å². The van der Waals surface area contributed by atoms with Crippen LogP contribution in [0.4, 0.5) is 0 Å². The molecule has 47 heavy (non-hydrogen) atoms. The molecule has 0 aromatic carbocycles. The average molecular weight is 679 g/mol. The first-order valence-corrected chi connectivity index (χ1v) is 16.8. The van der Waals surface area contributed by atoms with Gasteiger partial charge in [0.1, 0.15) is 30.5 Å². The zero-order valence-electron chi connectivity index (χ0n) is 28.6. The van der Waals surface area contributed by atoms with Crippen molar-refractivity contribution < 1.29 is 69.4 Å². The molecule has 0 aromatic heterocycles. The Bertz CT molecular complexity index is 1050. The molecule has 0 bridgehead atoms. The van der Waals surface area contributed by atoms with Crippen LogP contribution in [-0.4, -0.2) is 131 Å². The Morgan fingerprint density at radius 1 is 0.723 bits per heavy atom. The summed E-state index contributed by atoms with van der Waals surface area (Å²) in [5.41, 5.74) is -10.1. The smallest absolute Gasteiger partial charge is 0.307 e. The van der Waals surface area contributed by atoms with Crippen molar-refractivity contribution in [1.82, 2.24) is 0 Å². The van der Waals surface area contributed by atoms with Crippen LogP contribution in [-0.2, 0) is 28.6 Å². The van der Waals surface area contributed by atoms with Crippen molar-refractivity contribution in [3.63, 3.8) is 0 Å². The highest BCUT2D eigenvalue weighted by atomic mass is 16.7. The summed E-state index contributed by atoms with van der Waals surface area (Å²) in [6, 6.07) is 0. The Labute approximate surface area is 277 Å². The van der Waals surface area contributed by atoms with Gasteiger partial charge in [0.15, 0.2) is 17.2 Å². The number of carbonyl (C=O) groups is 3. The van der Waals surface area contributed by atoms with Gasteiger partial charge in [0.25, 0.3) is 0 Å². The third-order valence-corrected chi connectivity index (χ3v) is 9.40. The molecule has 2 heterocycles. The predicted molar refractivity (Wildman–Crippen MR) is 167 cm³/mol. The van der Waals surface area contributed by atoms with Crippen molar-refractivity contribution in [2.45, 2.75) is 152 Å². The monoisotopic (exact) mass is 678 g/mol. The molecule has 8 N–H and O–H groups in total. The number of hydrogen-bond acceptors (Lipinski definition) is 14. The normalized spacial score (nSPS) is 36.0. The molecule has 0 amide bonds. The molecule has 0 unspecified atom stereocenters. The summed E-state index contributed by atoms with van der Waals surface area (Å²) in [5.74, 6) is -6.12. The van der Waals surface area contributed by atoms with Crippen LogP contribution >= 0.6 is 0 Å². The topological polar surface area (TPSA) is 241 Å². The Morgan fingerprint density at radius 3 is 1.66 bits per heavy atom. The summed E-state index contributed by atoms with van der Waals surface area (Å²) >= 11 is 0. The highest BCUT2D eigenvalue weighted by Crippen LogP contribution is 2.56. The average Bonchev–Trinajstić information content (AvgIpc) is 3.20. The second-order valence-electron chi connectivity index (χ2n) is 14.4. The molecule has 2 fully saturated rings. The van der Waals surface area contributed by atoms with Crippen LogP contribution in [0.25, 0.3) is 0 Å². The number of ether oxygens (including phenoxy) is 3. The predicted octanol–water partition coefficient (Wildman–Crippen LogP) is -0.0988. The van der Waals surface area contributed by atoms with Crippen LogP contribution in [0.1, 0.15) is 99.3 Å². The minimum Gasteiger partial charge on any atom is -0.444 e. The minimum absolute atomic E-state index is 0.0815. The number of ketones is 2. The minimum atomic E-state index is -3.42. The van der Waals surface area contributed by atoms with Gasteiger partial charge < -0.3 is 55.1 Å². The van der Waals surface area contributed by atoms with Crippen LogP contribution in [0.5, 0.6) is 0 Å². The SMILES string of the molecule is CC(C)CCCC(=O)O[C@]1(C(=O)CCCC(C)C)[C@@H](O)[C@H](O)[C@@H](CO)O[C@]1(C(=O)CCCC(C)C)[C@@]1(O)[C@@H](CO)O[C@](O)(CO)[C@H]1O. The third-order valence-electron chi connectivity index (χ3n) is 9.40. The Morgan fingerprint density at radius 2 is 1.21 bits per heavy atom. The Balaban J connectivity index is 3.05. The second kappa shape index (κ2) is 16.9. The highest BCUT2D eigenvalue weighted by Gasteiger charge is 2.85. The Kier molecular flexibility index (Phi) is 14.9. The number of esters is 1. The first kappa shape index (κ1) is 41.6. The molecule has 2 rings (SSSR count). The number of carbonyl (C=O) groups excluding carboxylic acids is 3. The number of aliphatic hydroxyl groups is 8. The van der Waals surface area contributed by atoms with E-state index in [0.717, 1.165) is 0 Å². The fourth-order valence-corrected chi connectivity index (χ4v) is 6.85. The van der Waals surface area contributed by atoms with Crippen molar-refractivity contribution in [1.29, 1.82) is 0 Å². The van der Waals surface area contributed by atoms with Gasteiger partial charge in [0, 0.05) is 19.3 Å². The molecule has 9 atom stereocenters. The lowest BCUT2D eigenvalue weighted by atomic mass is 9.56. The van der Waals surface area contributed by atoms with Crippen molar-refractivity contribution in [2.24, 2.45) is 17.8 Å². The maximum atomic E-state index is 14.8. The fraction of sp³-hybridized carbons (Fsp3) is 0.909. The zero-order chi connectivity index (χ0) is 36.0. The zero-order valence-corrected chi connectivity index (χ0v) is 28.6. The van der Waals surface area contributed by atoms with Crippen LogP contribution < -0.4 is 0 Å². The molecule has 0 aliphatic carbocycles. The van der Waals surface area contributed by atoms with Gasteiger partial charge >= 0.3 is 5.97 Å². The summed E-state index contributed by atoms with van der Waals surface area (Å²) in [5, 5.41) is 89.1. The van der Waals surface area contributed by atoms with E-state index in [4.69, 9.17) is 14.2 Å². The molecular weight excluding hydrogens is 620 g/mol. The van der Waals surface area contributed by atoms with E-state index in [-0.39, 0.29) is 43.4 Å². The summed E-state index contributed by atoms with van der Waals surface area (Å²) in [6.07, 6.45) is -10.8. The maximum Gasteiger partial charge on any atom is 0.307 e. The second-order valence-corrected chi connectivity index (χ2v) is 14.4. The quantitative estimate of drug-likeness (QED) is 0.0833. The molecule has 14 heteroatoms. The standard InChI is InChI=1S/C33H58O14/c1-19(2)10-7-13-23(37)32(47-26(39)15-9-12-21(5)6)28(41)27(40)22(16-34)45-33(32,24(38)14-8-11-20(3)4)31(44)25(17-35)46-30(43,18-36)29(31)42/h19-22,25,27-29,34-36,40-44H,7-18H2,1-6H3/t22-,25-,27-,28+,29-,30-,31-,32-,33-/m1/s1. The fourth-order valence-electron chi connectivity index (χ4n) is 6.85. The summed E-state index contributed by atoms with van der Waals surface area (Å²) < 4.78 is 17.2. The van der Waals surface area contributed by atoms with Crippen molar-refractivity contribution in [2.75, 3.05) is 19.8 Å². The van der Waals surface area contributed by atoms with Crippen LogP contribution in [0.3, 0.4) is 0 Å². The van der Waals surface area contributed by atoms with Gasteiger partial charge in [-0.3, -0.25) is 14.4 Å². The summed E-state index contributed by atoms with van der Waals surface area (Å²) in [7, 11) is 0. The van der Waals surface area contributed by atoms with E-state index in [9.17, 15) is 55.2 Å². The van der Waals surface area contributed by atoms with Crippen LogP contribution in [0.2, 0.25) is 0 Å². The number of rotatable bonds is 19. The lowest BCUT2D eigenvalue weighted by Crippen LogP contribution is -2.88. The largest absolute Gasteiger partial charge is 0.444 e. The van der Waals surface area contributed by atoms with Crippen LogP contribution in [0, 0.1) is 17.8 Å². The van der Waals surface area contributed by atoms with E-state index in [0.29, 0.717) is 19.3 Å². The van der Waals surface area contributed by atoms with Crippen molar-refractivity contribution >= 4 is 17.5 Å². The number of aliphatic hydroxyl groups excluding tert-OH is 6. The van der Waals surface area contributed by atoms with Gasteiger partial charge in [-0.05, 0) is 37.0 Å². The number of Topliss-reactive ketones (excluding diaryl/α,β-unsaturated/α-hetero) is 2. The first-order chi connectivity index (χ1) is 21.9. The van der Waals surface area contributed by atoms with E-state index in [1.807, 2.05) is 41.5 Å². The highest BCUT2D eigenvalue weighted by molar-refractivity contribution is 6.03. The van der Waals surface area contributed by atoms with Gasteiger partial charge in [-0.1, -0.05) is 60.8 Å². The first-order valence-electron chi connectivity index (χ1n) is 16.8. The molecule has 2 aliphatic heterocycles. The van der Waals surface area contributed by atoms with Crippen molar-refractivity contribution in [3.8, 4) is 0 Å². The van der Waals surface area contributed by atoms with E-state index in [1.54, 1.807) is 0 Å². The molecule has 0 spiro atoms. The van der Waals surface area contributed by atoms with Gasteiger partial charge in [0.2, 0.25) is 17.0 Å². The lowest BCUT2D eigenvalue weighted by Gasteiger charge is -2.61. The molecule has 0 aromatic rings. The molecule has 0 saturated carbocycles.